The fourth-order valence-corrected chi connectivity index (χ4v) is 1.85. The number of ether oxygens (including phenoxy) is 1. The number of benzene rings is 1. The van der Waals surface area contributed by atoms with Gasteiger partial charge in [-0.3, -0.25) is 0 Å². The Hall–Kier alpha value is -1.59. The second-order valence-electron chi connectivity index (χ2n) is 4.57. The van der Waals surface area contributed by atoms with Crippen molar-refractivity contribution in [2.45, 2.75) is 12.8 Å². The lowest BCUT2D eigenvalue weighted by Crippen LogP contribution is -2.30. The molecule has 0 aliphatic carbocycles. The van der Waals surface area contributed by atoms with Crippen LogP contribution in [0.3, 0.4) is 0 Å². The summed E-state index contributed by atoms with van der Waals surface area (Å²) in [5, 5.41) is 3.95. The second-order valence-corrected chi connectivity index (χ2v) is 4.57. The van der Waals surface area contributed by atoms with E-state index in [0.29, 0.717) is 11.3 Å². The molecule has 1 heterocycles. The van der Waals surface area contributed by atoms with Crippen LogP contribution >= 0.6 is 12.4 Å². The summed E-state index contributed by atoms with van der Waals surface area (Å²) in [7, 11) is 3.65. The van der Waals surface area contributed by atoms with Crippen molar-refractivity contribution < 1.29 is 14.4 Å². The van der Waals surface area contributed by atoms with Crippen molar-refractivity contribution in [3.05, 3.63) is 29.8 Å². The molecule has 1 aromatic carbocycles. The number of methoxy groups -OCH3 is 1. The van der Waals surface area contributed by atoms with Crippen LogP contribution in [0.15, 0.2) is 29.4 Å². The van der Waals surface area contributed by atoms with E-state index in [1.54, 1.807) is 31.4 Å². The van der Waals surface area contributed by atoms with Gasteiger partial charge >= 0.3 is 5.97 Å². The number of likely N-dealkylation sites (tertiary alicyclic amines) is 1. The van der Waals surface area contributed by atoms with Crippen molar-refractivity contribution in [1.29, 1.82) is 0 Å². The molecule has 0 amide bonds. The van der Waals surface area contributed by atoms with Gasteiger partial charge in [-0.25, -0.2) is 4.79 Å². The van der Waals surface area contributed by atoms with Crippen molar-refractivity contribution in [3.63, 3.8) is 0 Å². The van der Waals surface area contributed by atoms with Gasteiger partial charge in [0.25, 0.3) is 0 Å². The zero-order valence-corrected chi connectivity index (χ0v) is 12.5. The van der Waals surface area contributed by atoms with Crippen molar-refractivity contribution in [2.24, 2.45) is 5.16 Å². The minimum Gasteiger partial charge on any atom is -0.497 e. The van der Waals surface area contributed by atoms with Gasteiger partial charge in [-0.2, -0.15) is 0 Å². The fraction of sp³-hybridized carbons (Fsp3) is 0.429. The van der Waals surface area contributed by atoms with E-state index in [-0.39, 0.29) is 12.4 Å². The first-order valence-corrected chi connectivity index (χ1v) is 6.28. The minimum absolute atomic E-state index is 0. The van der Waals surface area contributed by atoms with Gasteiger partial charge in [-0.1, -0.05) is 5.16 Å². The number of rotatable bonds is 3. The number of piperidine rings is 1. The number of carbonyl (C=O) groups is 1. The summed E-state index contributed by atoms with van der Waals surface area (Å²) in [5.74, 6) is 0.271. The van der Waals surface area contributed by atoms with Crippen LogP contribution in [0.1, 0.15) is 23.2 Å². The first kappa shape index (κ1) is 16.5. The highest BCUT2D eigenvalue weighted by molar-refractivity contribution is 5.91. The molecule has 6 heteroatoms. The molecule has 1 fully saturated rings. The van der Waals surface area contributed by atoms with E-state index in [4.69, 9.17) is 9.57 Å². The number of carbonyl (C=O) groups excluding carboxylic acids is 1. The first-order chi connectivity index (χ1) is 9.19. The highest BCUT2D eigenvalue weighted by atomic mass is 35.5. The normalized spacial score (nSPS) is 15.2. The van der Waals surface area contributed by atoms with Gasteiger partial charge in [-0.15, -0.1) is 12.4 Å². The van der Waals surface area contributed by atoms with Gasteiger partial charge in [0.05, 0.1) is 18.4 Å². The Labute approximate surface area is 124 Å². The van der Waals surface area contributed by atoms with Gasteiger partial charge in [0.15, 0.2) is 0 Å². The number of hydrogen-bond donors (Lipinski definition) is 0. The SMILES string of the molecule is COc1ccc(C(=O)ON=C2CCN(C)CC2)cc1.Cl. The van der Waals surface area contributed by atoms with Crippen LogP contribution in [0, 0.1) is 0 Å². The van der Waals surface area contributed by atoms with E-state index in [2.05, 4.69) is 17.1 Å². The zero-order chi connectivity index (χ0) is 13.7. The van der Waals surface area contributed by atoms with Crippen LogP contribution < -0.4 is 4.74 Å². The van der Waals surface area contributed by atoms with Crippen LogP contribution in [0.5, 0.6) is 5.75 Å². The van der Waals surface area contributed by atoms with Gasteiger partial charge in [0, 0.05) is 25.9 Å². The lowest BCUT2D eigenvalue weighted by atomic mass is 10.1. The fourth-order valence-electron chi connectivity index (χ4n) is 1.85. The van der Waals surface area contributed by atoms with E-state index in [1.165, 1.54) is 0 Å². The van der Waals surface area contributed by atoms with E-state index in [1.807, 2.05) is 0 Å². The van der Waals surface area contributed by atoms with Crippen molar-refractivity contribution in [3.8, 4) is 5.75 Å². The average molecular weight is 299 g/mol. The molecule has 0 bridgehead atoms. The molecule has 1 aromatic rings. The molecular weight excluding hydrogens is 280 g/mol. The first-order valence-electron chi connectivity index (χ1n) is 6.28. The minimum atomic E-state index is -0.436. The molecule has 0 N–H and O–H groups in total. The summed E-state index contributed by atoms with van der Waals surface area (Å²) in [6.07, 6.45) is 1.71. The van der Waals surface area contributed by atoms with Gasteiger partial charge in [-0.05, 0) is 31.3 Å². The molecule has 0 spiro atoms. The Morgan fingerprint density at radius 3 is 2.35 bits per heavy atom. The molecule has 0 atom stereocenters. The molecule has 1 saturated heterocycles. The van der Waals surface area contributed by atoms with Crippen molar-refractivity contribution in [2.75, 3.05) is 27.2 Å². The van der Waals surface area contributed by atoms with Crippen molar-refractivity contribution >= 4 is 24.1 Å². The van der Waals surface area contributed by atoms with Gasteiger partial charge in [0.1, 0.15) is 5.75 Å². The molecule has 2 rings (SSSR count). The molecular formula is C14H19ClN2O3. The maximum absolute atomic E-state index is 11.8. The topological polar surface area (TPSA) is 51.1 Å². The highest BCUT2D eigenvalue weighted by Crippen LogP contribution is 2.12. The summed E-state index contributed by atoms with van der Waals surface area (Å²) in [4.78, 5) is 19.0. The van der Waals surface area contributed by atoms with Crippen LogP contribution in [0.25, 0.3) is 0 Å². The molecule has 0 unspecified atom stereocenters. The largest absolute Gasteiger partial charge is 0.497 e. The quantitative estimate of drug-likeness (QED) is 0.635. The van der Waals surface area contributed by atoms with E-state index in [9.17, 15) is 4.79 Å². The maximum Gasteiger partial charge on any atom is 0.365 e. The third kappa shape index (κ3) is 4.51. The van der Waals surface area contributed by atoms with E-state index >= 15 is 0 Å². The Morgan fingerprint density at radius 1 is 1.20 bits per heavy atom. The number of halogens is 1. The molecule has 110 valence electrons. The second kappa shape index (κ2) is 7.87. The standard InChI is InChI=1S/C14H18N2O3.ClH/c1-16-9-7-12(8-10-16)15-19-14(17)11-3-5-13(18-2)6-4-11;/h3-6H,7-10H2,1-2H3;1H. The summed E-state index contributed by atoms with van der Waals surface area (Å²) in [6, 6.07) is 6.77. The van der Waals surface area contributed by atoms with Crippen LogP contribution in [-0.4, -0.2) is 43.8 Å². The number of oxime groups is 1. The summed E-state index contributed by atoms with van der Waals surface area (Å²) in [6.45, 7) is 1.91. The van der Waals surface area contributed by atoms with Gasteiger partial charge in [0.2, 0.25) is 0 Å². The van der Waals surface area contributed by atoms with Gasteiger partial charge < -0.3 is 14.5 Å². The van der Waals surface area contributed by atoms with Crippen LogP contribution in [0.2, 0.25) is 0 Å². The van der Waals surface area contributed by atoms with Crippen LogP contribution in [0.4, 0.5) is 0 Å². The van der Waals surface area contributed by atoms with Crippen LogP contribution in [-0.2, 0) is 4.84 Å². The molecule has 1 aliphatic heterocycles. The summed E-state index contributed by atoms with van der Waals surface area (Å²) in [5.41, 5.74) is 1.41. The third-order valence-electron chi connectivity index (χ3n) is 3.15. The average Bonchev–Trinajstić information content (AvgIpc) is 2.46. The van der Waals surface area contributed by atoms with E-state index in [0.717, 1.165) is 31.6 Å². The Kier molecular flexibility index (Phi) is 6.48. The van der Waals surface area contributed by atoms with E-state index < -0.39 is 5.97 Å². The Balaban J connectivity index is 0.00000200. The number of nitrogens with zero attached hydrogens (tertiary/aromatic N) is 2. The molecule has 0 aromatic heterocycles. The molecule has 1 aliphatic rings. The Morgan fingerprint density at radius 2 is 1.80 bits per heavy atom. The molecule has 20 heavy (non-hydrogen) atoms. The number of hydrogen-bond acceptors (Lipinski definition) is 5. The predicted molar refractivity (Wildman–Crippen MR) is 79.8 cm³/mol. The summed E-state index contributed by atoms with van der Waals surface area (Å²) < 4.78 is 5.03. The third-order valence-corrected chi connectivity index (χ3v) is 3.15. The van der Waals surface area contributed by atoms with Crippen molar-refractivity contribution in [1.82, 2.24) is 4.90 Å². The lowest BCUT2D eigenvalue weighted by Gasteiger charge is -2.22. The molecule has 5 nitrogen and oxygen atoms in total. The highest BCUT2D eigenvalue weighted by Gasteiger charge is 2.13. The monoisotopic (exact) mass is 298 g/mol. The predicted octanol–water partition coefficient (Wildman–Crippen LogP) is 2.36. The lowest BCUT2D eigenvalue weighted by molar-refractivity contribution is 0.0512. The zero-order valence-electron chi connectivity index (χ0n) is 11.7. The summed E-state index contributed by atoms with van der Waals surface area (Å²) >= 11 is 0. The smallest absolute Gasteiger partial charge is 0.365 e. The molecule has 0 saturated carbocycles. The maximum atomic E-state index is 11.8. The Bertz CT molecular complexity index is 464. The molecule has 0 radical (unpaired) electrons.